The molecule has 1 atom stereocenters. The Balaban J connectivity index is 1.67. The molecule has 0 radical (unpaired) electrons. The van der Waals surface area contributed by atoms with E-state index >= 15 is 0 Å². The van der Waals surface area contributed by atoms with Crippen LogP contribution in [0.4, 0.5) is 4.39 Å². The zero-order valence-corrected chi connectivity index (χ0v) is 24.8. The van der Waals surface area contributed by atoms with Gasteiger partial charge in [0.25, 0.3) is 10.1 Å². The van der Waals surface area contributed by atoms with Crippen LogP contribution in [0.3, 0.4) is 0 Å². The van der Waals surface area contributed by atoms with Crippen LogP contribution in [-0.4, -0.2) is 53.8 Å². The first-order valence-corrected chi connectivity index (χ1v) is 15.3. The van der Waals surface area contributed by atoms with Crippen LogP contribution < -0.4 is 9.47 Å². The van der Waals surface area contributed by atoms with Crippen molar-refractivity contribution in [2.24, 2.45) is 5.92 Å². The number of aromatic nitrogens is 1. The molecular weight excluding hydrogens is 547 g/mol. The van der Waals surface area contributed by atoms with Crippen molar-refractivity contribution in [3.05, 3.63) is 77.2 Å². The first kappa shape index (κ1) is 30.6. The molecule has 1 aromatic heterocycles. The number of carbonyl (C=O) groups is 1. The number of halogens is 1. The smallest absolute Gasteiger partial charge is 0.343 e. The maximum Gasteiger partial charge on any atom is 0.343 e. The molecule has 1 heterocycles. The molecule has 1 saturated carbocycles. The summed E-state index contributed by atoms with van der Waals surface area (Å²) < 4.78 is 58.6. The van der Waals surface area contributed by atoms with E-state index in [4.69, 9.17) is 9.47 Å². The van der Waals surface area contributed by atoms with Gasteiger partial charge in [0.2, 0.25) is 5.88 Å². The third-order valence-corrected chi connectivity index (χ3v) is 8.21. The molecule has 0 bridgehead atoms. The molecule has 1 unspecified atom stereocenters. The maximum absolute atomic E-state index is 15.0. The predicted molar refractivity (Wildman–Crippen MR) is 155 cm³/mol. The summed E-state index contributed by atoms with van der Waals surface area (Å²) in [5, 5.41) is 0. The minimum atomic E-state index is -4.17. The summed E-state index contributed by atoms with van der Waals surface area (Å²) >= 11 is 0. The van der Waals surface area contributed by atoms with E-state index in [1.54, 1.807) is 42.5 Å². The van der Waals surface area contributed by atoms with Gasteiger partial charge in [-0.05, 0) is 87.4 Å². The third-order valence-electron chi connectivity index (χ3n) is 7.43. The standard InChI is InChI=1S/C31H37FN2O6S/c1-19(2)34(20(3)4)17-24-13-23(11-12-26(24)27-15-30(39-5)33-16-29(27)32)31(35)40-25-8-6-7-22(14-25)28(21-9-10-21)18-41(36,37)38/h6-8,11-16,19-21,28H,9-10,17-18H2,1-5H3,(H,36,37,38). The first-order valence-electron chi connectivity index (χ1n) is 13.7. The van der Waals surface area contributed by atoms with Crippen LogP contribution in [0.2, 0.25) is 0 Å². The molecule has 4 rings (SSSR count). The van der Waals surface area contributed by atoms with Crippen LogP contribution in [0, 0.1) is 11.7 Å². The van der Waals surface area contributed by atoms with Crippen molar-refractivity contribution >= 4 is 16.1 Å². The largest absolute Gasteiger partial charge is 0.481 e. The molecule has 1 aliphatic carbocycles. The van der Waals surface area contributed by atoms with Gasteiger partial charge in [0, 0.05) is 36.2 Å². The zero-order chi connectivity index (χ0) is 29.9. The van der Waals surface area contributed by atoms with E-state index in [2.05, 4.69) is 37.6 Å². The van der Waals surface area contributed by atoms with Crippen LogP contribution in [-0.2, 0) is 16.7 Å². The Morgan fingerprint density at radius 3 is 2.39 bits per heavy atom. The van der Waals surface area contributed by atoms with Gasteiger partial charge >= 0.3 is 5.97 Å². The number of benzene rings is 2. The summed E-state index contributed by atoms with van der Waals surface area (Å²) in [7, 11) is -2.70. The second-order valence-corrected chi connectivity index (χ2v) is 12.6. The molecule has 0 amide bonds. The highest BCUT2D eigenvalue weighted by Gasteiger charge is 2.35. The summed E-state index contributed by atoms with van der Waals surface area (Å²) in [6.45, 7) is 8.79. The van der Waals surface area contributed by atoms with Crippen molar-refractivity contribution in [1.29, 1.82) is 0 Å². The summed E-state index contributed by atoms with van der Waals surface area (Å²) in [5.41, 5.74) is 2.66. The molecule has 1 fully saturated rings. The van der Waals surface area contributed by atoms with E-state index in [1.807, 2.05) is 0 Å². The lowest BCUT2D eigenvalue weighted by Crippen LogP contribution is -2.36. The Labute approximate surface area is 241 Å². The highest BCUT2D eigenvalue weighted by Crippen LogP contribution is 2.44. The number of ether oxygens (including phenoxy) is 2. The summed E-state index contributed by atoms with van der Waals surface area (Å²) in [6.07, 6.45) is 2.88. The molecule has 1 N–H and O–H groups in total. The van der Waals surface area contributed by atoms with Crippen molar-refractivity contribution < 1.29 is 31.6 Å². The minimum absolute atomic E-state index is 0.162. The lowest BCUT2D eigenvalue weighted by Gasteiger charge is -2.31. The van der Waals surface area contributed by atoms with Gasteiger partial charge in [0.1, 0.15) is 11.6 Å². The molecule has 0 aliphatic heterocycles. The van der Waals surface area contributed by atoms with Crippen LogP contribution in [0.5, 0.6) is 11.6 Å². The van der Waals surface area contributed by atoms with Crippen LogP contribution in [0.25, 0.3) is 11.1 Å². The Bertz CT molecular complexity index is 1500. The second-order valence-electron chi connectivity index (χ2n) is 11.1. The van der Waals surface area contributed by atoms with E-state index in [-0.39, 0.29) is 41.3 Å². The van der Waals surface area contributed by atoms with Crippen LogP contribution in [0.1, 0.15) is 67.9 Å². The average molecular weight is 585 g/mol. The van der Waals surface area contributed by atoms with Gasteiger partial charge in [0.05, 0.1) is 24.6 Å². The molecule has 10 heteroatoms. The first-order chi connectivity index (χ1) is 19.4. The minimum Gasteiger partial charge on any atom is -0.481 e. The second kappa shape index (κ2) is 12.7. The van der Waals surface area contributed by atoms with E-state index < -0.39 is 21.9 Å². The maximum atomic E-state index is 15.0. The molecule has 0 spiro atoms. The van der Waals surface area contributed by atoms with Crippen molar-refractivity contribution in [1.82, 2.24) is 9.88 Å². The SMILES string of the molecule is COc1cc(-c2ccc(C(=O)Oc3cccc(C(CS(=O)(=O)O)C4CC4)c3)cc2CN(C(C)C)C(C)C)c(F)cn1. The van der Waals surface area contributed by atoms with E-state index in [0.717, 1.165) is 24.6 Å². The van der Waals surface area contributed by atoms with Gasteiger partial charge in [-0.15, -0.1) is 0 Å². The van der Waals surface area contributed by atoms with E-state index in [0.29, 0.717) is 28.8 Å². The quantitative estimate of drug-likeness (QED) is 0.154. The Morgan fingerprint density at radius 1 is 1.07 bits per heavy atom. The summed E-state index contributed by atoms with van der Waals surface area (Å²) in [5.74, 6) is -1.14. The van der Waals surface area contributed by atoms with Gasteiger partial charge < -0.3 is 9.47 Å². The van der Waals surface area contributed by atoms with Gasteiger partial charge in [-0.25, -0.2) is 14.2 Å². The van der Waals surface area contributed by atoms with Crippen LogP contribution >= 0.6 is 0 Å². The van der Waals surface area contributed by atoms with Crippen LogP contribution in [0.15, 0.2) is 54.7 Å². The number of nitrogens with zero attached hydrogens (tertiary/aromatic N) is 2. The van der Waals surface area contributed by atoms with Gasteiger partial charge in [-0.2, -0.15) is 8.42 Å². The number of hydrogen-bond acceptors (Lipinski definition) is 7. The van der Waals surface area contributed by atoms with E-state index in [1.165, 1.54) is 13.2 Å². The summed E-state index contributed by atoms with van der Waals surface area (Å²) in [4.78, 5) is 19.5. The molecule has 220 valence electrons. The molecule has 2 aromatic carbocycles. The number of pyridine rings is 1. The molecular formula is C31H37FN2O6S. The van der Waals surface area contributed by atoms with Gasteiger partial charge in [0.15, 0.2) is 0 Å². The fraction of sp³-hybridized carbons (Fsp3) is 0.419. The van der Waals surface area contributed by atoms with Crippen molar-refractivity contribution in [3.63, 3.8) is 0 Å². The lowest BCUT2D eigenvalue weighted by molar-refractivity contribution is 0.0734. The molecule has 3 aromatic rings. The lowest BCUT2D eigenvalue weighted by atomic mass is 9.96. The number of hydrogen-bond donors (Lipinski definition) is 1. The average Bonchev–Trinajstić information content (AvgIpc) is 3.75. The highest BCUT2D eigenvalue weighted by molar-refractivity contribution is 7.85. The Hall–Kier alpha value is -3.34. The number of rotatable bonds is 12. The summed E-state index contributed by atoms with van der Waals surface area (Å²) in [6, 6.07) is 13.7. The number of methoxy groups -OCH3 is 1. The van der Waals surface area contributed by atoms with Crippen molar-refractivity contribution in [2.45, 2.75) is 65.1 Å². The fourth-order valence-electron chi connectivity index (χ4n) is 5.21. The van der Waals surface area contributed by atoms with Crippen molar-refractivity contribution in [3.8, 4) is 22.8 Å². The predicted octanol–water partition coefficient (Wildman–Crippen LogP) is 6.12. The third kappa shape index (κ3) is 7.90. The van der Waals surface area contributed by atoms with Gasteiger partial charge in [-0.1, -0.05) is 18.2 Å². The monoisotopic (exact) mass is 584 g/mol. The normalized spacial score (nSPS) is 14.5. The molecule has 8 nitrogen and oxygen atoms in total. The van der Waals surface area contributed by atoms with E-state index in [9.17, 15) is 22.2 Å². The van der Waals surface area contributed by atoms with Crippen molar-refractivity contribution in [2.75, 3.05) is 12.9 Å². The zero-order valence-electron chi connectivity index (χ0n) is 24.0. The molecule has 1 aliphatic rings. The van der Waals surface area contributed by atoms with Gasteiger partial charge in [-0.3, -0.25) is 9.45 Å². The number of carbonyl (C=O) groups excluding carboxylic acids is 1. The molecule has 41 heavy (non-hydrogen) atoms. The molecule has 0 saturated heterocycles. The fourth-order valence-corrected chi connectivity index (χ4v) is 6.13. The Kier molecular flexibility index (Phi) is 9.46. The Morgan fingerprint density at radius 2 is 1.78 bits per heavy atom. The highest BCUT2D eigenvalue weighted by atomic mass is 32.2. The number of esters is 1. The topological polar surface area (TPSA) is 106 Å².